The van der Waals surface area contributed by atoms with E-state index in [1.807, 2.05) is 13.0 Å². The Morgan fingerprint density at radius 3 is 3.18 bits per heavy atom. The molecule has 2 heterocycles. The number of aryl methyl sites for hydroxylation is 1. The zero-order valence-corrected chi connectivity index (χ0v) is 9.96. The first kappa shape index (κ1) is 12.0. The van der Waals surface area contributed by atoms with Crippen molar-refractivity contribution in [1.82, 2.24) is 14.9 Å². The number of carbonyl (C=O) groups excluding carboxylic acids is 1. The summed E-state index contributed by atoms with van der Waals surface area (Å²) in [5.41, 5.74) is 0.993. The van der Waals surface area contributed by atoms with Crippen LogP contribution in [0.4, 0.5) is 0 Å². The van der Waals surface area contributed by atoms with Crippen LogP contribution in [0, 0.1) is 6.92 Å². The van der Waals surface area contributed by atoms with Gasteiger partial charge in [-0.15, -0.1) is 0 Å². The Hall–Kier alpha value is -1.49. The van der Waals surface area contributed by atoms with Crippen molar-refractivity contribution in [2.24, 2.45) is 0 Å². The molecule has 0 aliphatic carbocycles. The van der Waals surface area contributed by atoms with Crippen LogP contribution in [0.25, 0.3) is 0 Å². The van der Waals surface area contributed by atoms with Crippen molar-refractivity contribution in [3.63, 3.8) is 0 Å². The summed E-state index contributed by atoms with van der Waals surface area (Å²) in [7, 11) is 0. The zero-order chi connectivity index (χ0) is 12.3. The van der Waals surface area contributed by atoms with Crippen LogP contribution < -0.4 is 0 Å². The molecule has 0 saturated carbocycles. The predicted octanol–water partition coefficient (Wildman–Crippen LogP) is 0.483. The molecule has 5 nitrogen and oxygen atoms in total. The molecule has 92 valence electrons. The minimum absolute atomic E-state index is 0.194. The number of aromatic nitrogens is 2. The Kier molecular flexibility index (Phi) is 3.68. The van der Waals surface area contributed by atoms with Crippen LogP contribution in [0.1, 0.15) is 30.3 Å². The van der Waals surface area contributed by atoms with E-state index in [-0.39, 0.29) is 11.8 Å². The maximum Gasteiger partial charge on any atom is 0.248 e. The van der Waals surface area contributed by atoms with Crippen molar-refractivity contribution in [3.05, 3.63) is 23.8 Å². The number of carbonyl (C=O) groups is 1. The third-order valence-corrected chi connectivity index (χ3v) is 3.13. The first-order valence-electron chi connectivity index (χ1n) is 5.89. The summed E-state index contributed by atoms with van der Waals surface area (Å²) in [6, 6.07) is 1.91. The number of piperidine rings is 1. The van der Waals surface area contributed by atoms with E-state index in [0.29, 0.717) is 6.54 Å². The van der Waals surface area contributed by atoms with Crippen LogP contribution in [0.15, 0.2) is 12.3 Å². The van der Waals surface area contributed by atoms with Gasteiger partial charge >= 0.3 is 0 Å². The molecule has 1 aliphatic heterocycles. The topological polar surface area (TPSA) is 66.3 Å². The SMILES string of the molecule is Cc1nccc([C@H]2CCCN(C(=O)CO)C2)n1. The summed E-state index contributed by atoms with van der Waals surface area (Å²) in [5, 5.41) is 8.87. The first-order chi connectivity index (χ1) is 8.20. The van der Waals surface area contributed by atoms with E-state index in [0.717, 1.165) is 30.9 Å². The second-order valence-electron chi connectivity index (χ2n) is 4.37. The lowest BCUT2D eigenvalue weighted by atomic mass is 9.94. The van der Waals surface area contributed by atoms with Gasteiger partial charge < -0.3 is 10.0 Å². The molecule has 0 bridgehead atoms. The van der Waals surface area contributed by atoms with Crippen molar-refractivity contribution in [2.45, 2.75) is 25.7 Å². The van der Waals surface area contributed by atoms with E-state index in [1.54, 1.807) is 11.1 Å². The molecule has 1 amide bonds. The van der Waals surface area contributed by atoms with Crippen molar-refractivity contribution < 1.29 is 9.90 Å². The Labute approximate surface area is 100 Å². The standard InChI is InChI=1S/C12H17N3O2/c1-9-13-5-4-11(14-9)10-3-2-6-15(7-10)12(17)8-16/h4-5,10,16H,2-3,6-8H2,1H3/t10-/m0/s1. The number of aliphatic hydroxyl groups is 1. The lowest BCUT2D eigenvalue weighted by molar-refractivity contribution is -0.135. The number of hydrogen-bond acceptors (Lipinski definition) is 4. The number of nitrogens with zero attached hydrogens (tertiary/aromatic N) is 3. The molecule has 0 radical (unpaired) electrons. The van der Waals surface area contributed by atoms with E-state index in [9.17, 15) is 4.79 Å². The molecule has 0 spiro atoms. The molecule has 0 unspecified atom stereocenters. The first-order valence-corrected chi connectivity index (χ1v) is 5.89. The van der Waals surface area contributed by atoms with Gasteiger partial charge in [-0.2, -0.15) is 0 Å². The van der Waals surface area contributed by atoms with Gasteiger partial charge in [-0.3, -0.25) is 4.79 Å². The van der Waals surface area contributed by atoms with E-state index in [2.05, 4.69) is 9.97 Å². The fraction of sp³-hybridized carbons (Fsp3) is 0.583. The molecule has 1 N–H and O–H groups in total. The summed E-state index contributed by atoms with van der Waals surface area (Å²) < 4.78 is 0. The molecular formula is C12H17N3O2. The number of rotatable bonds is 2. The highest BCUT2D eigenvalue weighted by Crippen LogP contribution is 2.25. The molecular weight excluding hydrogens is 218 g/mol. The third kappa shape index (κ3) is 2.79. The Balaban J connectivity index is 2.09. The second-order valence-corrected chi connectivity index (χ2v) is 4.37. The fourth-order valence-electron chi connectivity index (χ4n) is 2.25. The molecule has 0 aromatic carbocycles. The highest BCUT2D eigenvalue weighted by molar-refractivity contribution is 5.77. The van der Waals surface area contributed by atoms with Gasteiger partial charge in [0.15, 0.2) is 0 Å². The molecule has 2 rings (SSSR count). The van der Waals surface area contributed by atoms with Crippen molar-refractivity contribution >= 4 is 5.91 Å². The van der Waals surface area contributed by atoms with Crippen molar-refractivity contribution in [1.29, 1.82) is 0 Å². The van der Waals surface area contributed by atoms with Crippen LogP contribution in [0.2, 0.25) is 0 Å². The lowest BCUT2D eigenvalue weighted by Gasteiger charge is -2.32. The average molecular weight is 235 g/mol. The van der Waals surface area contributed by atoms with Gasteiger partial charge in [-0.1, -0.05) is 0 Å². The molecule has 17 heavy (non-hydrogen) atoms. The smallest absolute Gasteiger partial charge is 0.248 e. The summed E-state index contributed by atoms with van der Waals surface area (Å²) >= 11 is 0. The van der Waals surface area contributed by atoms with Gasteiger partial charge in [0, 0.05) is 30.9 Å². The molecule has 1 fully saturated rings. The quantitative estimate of drug-likeness (QED) is 0.810. The Bertz CT molecular complexity index is 408. The minimum atomic E-state index is -0.407. The van der Waals surface area contributed by atoms with Gasteiger partial charge in [-0.05, 0) is 25.8 Å². The summed E-state index contributed by atoms with van der Waals surface area (Å²) in [6.07, 6.45) is 3.75. The molecule has 1 aromatic rings. The molecule has 1 saturated heterocycles. The summed E-state index contributed by atoms with van der Waals surface area (Å²) in [4.78, 5) is 21.6. The van der Waals surface area contributed by atoms with Gasteiger partial charge in [0.25, 0.3) is 0 Å². The van der Waals surface area contributed by atoms with Gasteiger partial charge in [0.05, 0.1) is 0 Å². The van der Waals surface area contributed by atoms with Gasteiger partial charge in [0.1, 0.15) is 12.4 Å². The molecule has 1 aliphatic rings. The van der Waals surface area contributed by atoms with Crippen molar-refractivity contribution in [2.75, 3.05) is 19.7 Å². The Morgan fingerprint density at radius 1 is 1.65 bits per heavy atom. The van der Waals surface area contributed by atoms with Crippen molar-refractivity contribution in [3.8, 4) is 0 Å². The normalized spacial score (nSPS) is 20.4. The second kappa shape index (κ2) is 5.23. The van der Waals surface area contributed by atoms with Crippen LogP contribution in [-0.4, -0.2) is 45.6 Å². The molecule has 1 atom stereocenters. The molecule has 5 heteroatoms. The number of likely N-dealkylation sites (tertiary alicyclic amines) is 1. The van der Waals surface area contributed by atoms with Gasteiger partial charge in [-0.25, -0.2) is 9.97 Å². The van der Waals surface area contributed by atoms with Crippen LogP contribution in [0.5, 0.6) is 0 Å². The third-order valence-electron chi connectivity index (χ3n) is 3.13. The molecule has 1 aromatic heterocycles. The number of aliphatic hydroxyl groups excluding tert-OH is 1. The zero-order valence-electron chi connectivity index (χ0n) is 9.96. The number of hydrogen-bond donors (Lipinski definition) is 1. The highest BCUT2D eigenvalue weighted by atomic mass is 16.3. The van der Waals surface area contributed by atoms with Crippen LogP contribution in [-0.2, 0) is 4.79 Å². The summed E-state index contributed by atoms with van der Waals surface area (Å²) in [5.74, 6) is 0.828. The van der Waals surface area contributed by atoms with E-state index >= 15 is 0 Å². The van der Waals surface area contributed by atoms with Crippen LogP contribution in [0.3, 0.4) is 0 Å². The summed E-state index contributed by atoms with van der Waals surface area (Å²) in [6.45, 7) is 2.84. The lowest BCUT2D eigenvalue weighted by Crippen LogP contribution is -2.40. The monoisotopic (exact) mass is 235 g/mol. The fourth-order valence-corrected chi connectivity index (χ4v) is 2.25. The largest absolute Gasteiger partial charge is 0.387 e. The van der Waals surface area contributed by atoms with Crippen LogP contribution >= 0.6 is 0 Å². The average Bonchev–Trinajstić information content (AvgIpc) is 2.38. The van der Waals surface area contributed by atoms with E-state index in [1.165, 1.54) is 0 Å². The maximum atomic E-state index is 11.5. The van der Waals surface area contributed by atoms with E-state index < -0.39 is 6.61 Å². The predicted molar refractivity (Wildman–Crippen MR) is 62.4 cm³/mol. The van der Waals surface area contributed by atoms with Gasteiger partial charge in [0.2, 0.25) is 5.91 Å². The maximum absolute atomic E-state index is 11.5. The minimum Gasteiger partial charge on any atom is -0.387 e. The number of amides is 1. The van der Waals surface area contributed by atoms with E-state index in [4.69, 9.17) is 5.11 Å². The Morgan fingerprint density at radius 2 is 2.47 bits per heavy atom. The highest BCUT2D eigenvalue weighted by Gasteiger charge is 2.25.